The number of rotatable bonds is 14. The second-order valence-corrected chi connectivity index (χ2v) is 10.3. The van der Waals surface area contributed by atoms with Crippen molar-refractivity contribution < 1.29 is 19.7 Å². The van der Waals surface area contributed by atoms with Crippen molar-refractivity contribution in [2.75, 3.05) is 13.2 Å². The summed E-state index contributed by atoms with van der Waals surface area (Å²) >= 11 is 0. The van der Waals surface area contributed by atoms with E-state index in [4.69, 9.17) is 9.47 Å². The summed E-state index contributed by atoms with van der Waals surface area (Å²) in [5.74, 6) is 1.55. The Balaban J connectivity index is 1.06. The van der Waals surface area contributed by atoms with Crippen LogP contribution in [0.1, 0.15) is 45.5 Å². The number of aliphatic imine (C=N–C) groups is 2. The van der Waals surface area contributed by atoms with Crippen molar-refractivity contribution in [3.8, 4) is 11.5 Å². The minimum Gasteiger partial charge on any atom is -0.489 e. The van der Waals surface area contributed by atoms with Gasteiger partial charge in [0.1, 0.15) is 24.7 Å². The number of aliphatic hydroxyl groups is 2. The normalized spacial score (nSPS) is 12.8. The van der Waals surface area contributed by atoms with E-state index in [9.17, 15) is 10.2 Å². The van der Waals surface area contributed by atoms with Crippen molar-refractivity contribution in [2.45, 2.75) is 25.3 Å². The molecular formula is C38H36N2O4. The van der Waals surface area contributed by atoms with Gasteiger partial charge in [0.15, 0.2) is 0 Å². The topological polar surface area (TPSA) is 83.6 Å². The lowest BCUT2D eigenvalue weighted by atomic mass is 10.1. The van der Waals surface area contributed by atoms with Crippen LogP contribution in [-0.2, 0) is 13.2 Å². The van der Waals surface area contributed by atoms with Crippen molar-refractivity contribution in [1.82, 2.24) is 0 Å². The Labute approximate surface area is 258 Å². The second kappa shape index (κ2) is 16.0. The molecule has 0 radical (unpaired) electrons. The van der Waals surface area contributed by atoms with Crippen LogP contribution in [0.25, 0.3) is 0 Å². The van der Waals surface area contributed by atoms with Crippen molar-refractivity contribution >= 4 is 12.4 Å². The third-order valence-corrected chi connectivity index (χ3v) is 7.12. The van der Waals surface area contributed by atoms with E-state index in [-0.39, 0.29) is 25.3 Å². The van der Waals surface area contributed by atoms with Gasteiger partial charge in [-0.2, -0.15) is 0 Å². The second-order valence-electron chi connectivity index (χ2n) is 10.3. The smallest absolute Gasteiger partial charge is 0.119 e. The molecule has 5 rings (SSSR count). The number of benzene rings is 5. The fourth-order valence-electron chi connectivity index (χ4n) is 4.54. The van der Waals surface area contributed by atoms with Crippen LogP contribution in [0, 0.1) is 0 Å². The molecule has 0 aliphatic rings. The summed E-state index contributed by atoms with van der Waals surface area (Å²) in [6, 6.07) is 42.7. The van der Waals surface area contributed by atoms with Crippen LogP contribution >= 0.6 is 0 Å². The zero-order valence-electron chi connectivity index (χ0n) is 24.4. The number of nitrogens with zero attached hydrogens (tertiary/aromatic N) is 2. The minimum atomic E-state index is -0.280. The Morgan fingerprint density at radius 3 is 1.18 bits per heavy atom. The molecule has 0 aromatic heterocycles. The highest BCUT2D eigenvalue weighted by atomic mass is 16.5. The van der Waals surface area contributed by atoms with Crippen LogP contribution in [0.15, 0.2) is 143 Å². The number of ether oxygens (including phenoxy) is 2. The molecular weight excluding hydrogens is 548 g/mol. The first-order chi connectivity index (χ1) is 21.7. The molecule has 2 N–H and O–H groups in total. The highest BCUT2D eigenvalue weighted by Gasteiger charge is 2.08. The van der Waals surface area contributed by atoms with Crippen molar-refractivity contribution in [3.63, 3.8) is 0 Å². The van der Waals surface area contributed by atoms with Gasteiger partial charge in [-0.05, 0) is 81.9 Å². The van der Waals surface area contributed by atoms with Gasteiger partial charge < -0.3 is 19.7 Å². The van der Waals surface area contributed by atoms with Gasteiger partial charge in [0.2, 0.25) is 0 Å². The largest absolute Gasteiger partial charge is 0.489 e. The lowest BCUT2D eigenvalue weighted by molar-refractivity contribution is 0.269. The fraction of sp³-hybridized carbons (Fsp3) is 0.158. The van der Waals surface area contributed by atoms with Gasteiger partial charge >= 0.3 is 0 Å². The Morgan fingerprint density at radius 1 is 0.477 bits per heavy atom. The molecule has 2 atom stereocenters. The monoisotopic (exact) mass is 584 g/mol. The highest BCUT2D eigenvalue weighted by molar-refractivity contribution is 5.80. The maximum Gasteiger partial charge on any atom is 0.119 e. The molecule has 5 aromatic rings. The summed E-state index contributed by atoms with van der Waals surface area (Å²) in [6.07, 6.45) is 3.56. The number of hydrogen-bond acceptors (Lipinski definition) is 6. The maximum atomic E-state index is 9.70. The zero-order valence-corrected chi connectivity index (χ0v) is 24.4. The minimum absolute atomic E-state index is 0.0432. The molecule has 222 valence electrons. The number of aliphatic hydroxyl groups excluding tert-OH is 2. The Kier molecular flexibility index (Phi) is 11.0. The van der Waals surface area contributed by atoms with Gasteiger partial charge in [0.05, 0.1) is 25.3 Å². The van der Waals surface area contributed by atoms with E-state index >= 15 is 0 Å². The van der Waals surface area contributed by atoms with Gasteiger partial charge in [-0.1, -0.05) is 84.9 Å². The van der Waals surface area contributed by atoms with Gasteiger partial charge in [-0.15, -0.1) is 0 Å². The fourth-order valence-corrected chi connectivity index (χ4v) is 4.54. The molecule has 0 amide bonds. The standard InChI is InChI=1S/C38H36N2O4/c41-25-37(33-7-3-1-4-8-33)39-23-29-15-19-35(20-16-29)43-27-31-11-13-32(14-12-31)28-44-36-21-17-30(18-22-36)24-40-38(26-42)34-9-5-2-6-10-34/h1-24,37-38,41-42H,25-28H2/t37-,38-/m0/s1. The summed E-state index contributed by atoms with van der Waals surface area (Å²) in [4.78, 5) is 9.08. The summed E-state index contributed by atoms with van der Waals surface area (Å²) in [6.45, 7) is 0.829. The van der Waals surface area contributed by atoms with Crippen LogP contribution in [0.4, 0.5) is 0 Å². The summed E-state index contributed by atoms with van der Waals surface area (Å²) < 4.78 is 11.9. The molecule has 0 heterocycles. The molecule has 0 saturated carbocycles. The molecule has 0 aliphatic heterocycles. The van der Waals surface area contributed by atoms with Crippen LogP contribution in [0.5, 0.6) is 11.5 Å². The molecule has 0 aliphatic carbocycles. The van der Waals surface area contributed by atoms with Crippen molar-refractivity contribution in [3.05, 3.63) is 167 Å². The molecule has 0 bridgehead atoms. The molecule has 0 fully saturated rings. The molecule has 0 spiro atoms. The van der Waals surface area contributed by atoms with E-state index in [2.05, 4.69) is 9.98 Å². The van der Waals surface area contributed by atoms with Crippen LogP contribution < -0.4 is 9.47 Å². The average molecular weight is 585 g/mol. The Bertz CT molecular complexity index is 1480. The predicted molar refractivity (Wildman–Crippen MR) is 176 cm³/mol. The zero-order chi connectivity index (χ0) is 30.4. The average Bonchev–Trinajstić information content (AvgIpc) is 3.09. The molecule has 6 nitrogen and oxygen atoms in total. The first kappa shape index (κ1) is 30.4. The van der Waals surface area contributed by atoms with Crippen LogP contribution in [0.2, 0.25) is 0 Å². The van der Waals surface area contributed by atoms with Crippen LogP contribution in [0.3, 0.4) is 0 Å². The van der Waals surface area contributed by atoms with E-state index in [0.717, 1.165) is 44.9 Å². The van der Waals surface area contributed by atoms with Gasteiger partial charge in [-0.3, -0.25) is 9.98 Å². The van der Waals surface area contributed by atoms with E-state index < -0.39 is 0 Å². The van der Waals surface area contributed by atoms with Gasteiger partial charge in [0.25, 0.3) is 0 Å². The molecule has 0 unspecified atom stereocenters. The lowest BCUT2D eigenvalue weighted by Gasteiger charge is -2.10. The maximum absolute atomic E-state index is 9.70. The SMILES string of the molecule is OC[C@H](N=Cc1ccc(OCc2ccc(COc3ccc(C=N[C@@H](CO)c4ccccc4)cc3)cc2)cc1)c1ccccc1. The quantitative estimate of drug-likeness (QED) is 0.136. The third kappa shape index (κ3) is 8.98. The highest BCUT2D eigenvalue weighted by Crippen LogP contribution is 2.20. The first-order valence-electron chi connectivity index (χ1n) is 14.6. The lowest BCUT2D eigenvalue weighted by Crippen LogP contribution is -2.01. The molecule has 6 heteroatoms. The number of hydrogen-bond donors (Lipinski definition) is 2. The Hall–Kier alpha value is -5.04. The van der Waals surface area contributed by atoms with Gasteiger partial charge in [-0.25, -0.2) is 0 Å². The molecule has 5 aromatic carbocycles. The van der Waals surface area contributed by atoms with Gasteiger partial charge in [0, 0.05) is 12.4 Å². The summed E-state index contributed by atoms with van der Waals surface area (Å²) in [5, 5.41) is 19.4. The van der Waals surface area contributed by atoms with E-state index in [1.165, 1.54) is 0 Å². The third-order valence-electron chi connectivity index (χ3n) is 7.12. The van der Waals surface area contributed by atoms with E-state index in [0.29, 0.717) is 13.2 Å². The van der Waals surface area contributed by atoms with Crippen molar-refractivity contribution in [1.29, 1.82) is 0 Å². The molecule has 44 heavy (non-hydrogen) atoms. The van der Waals surface area contributed by atoms with E-state index in [1.807, 2.05) is 133 Å². The predicted octanol–water partition coefficient (Wildman–Crippen LogP) is 7.15. The van der Waals surface area contributed by atoms with Crippen molar-refractivity contribution in [2.24, 2.45) is 9.98 Å². The first-order valence-corrected chi connectivity index (χ1v) is 14.6. The van der Waals surface area contributed by atoms with Crippen LogP contribution in [-0.4, -0.2) is 35.9 Å². The summed E-state index contributed by atoms with van der Waals surface area (Å²) in [5.41, 5.74) is 5.98. The molecule has 0 saturated heterocycles. The Morgan fingerprint density at radius 2 is 0.841 bits per heavy atom. The summed E-state index contributed by atoms with van der Waals surface area (Å²) in [7, 11) is 0. The van der Waals surface area contributed by atoms with E-state index in [1.54, 1.807) is 12.4 Å².